The molecule has 1 heterocycles. The molecule has 1 aromatic heterocycles. The zero-order chi connectivity index (χ0) is 21.5. The molecule has 5 heteroatoms. The van der Waals surface area contributed by atoms with Crippen molar-refractivity contribution in [1.82, 2.24) is 4.98 Å². The normalized spacial score (nSPS) is 15.2. The van der Waals surface area contributed by atoms with Crippen molar-refractivity contribution >= 4 is 58.4 Å². The monoisotopic (exact) mass is 447 g/mol. The lowest BCUT2D eigenvalue weighted by Gasteiger charge is -2.16. The van der Waals surface area contributed by atoms with Gasteiger partial charge in [0.15, 0.2) is 0 Å². The zero-order valence-electron chi connectivity index (χ0n) is 16.2. The van der Waals surface area contributed by atoms with Crippen LogP contribution in [0.15, 0.2) is 60.7 Å². The summed E-state index contributed by atoms with van der Waals surface area (Å²) in [6, 6.07) is 18.1. The molecule has 1 N–H and O–H groups in total. The number of benzene rings is 3. The van der Waals surface area contributed by atoms with Crippen molar-refractivity contribution in [3.8, 4) is 0 Å². The van der Waals surface area contributed by atoms with Crippen LogP contribution in [-0.2, 0) is 0 Å². The lowest BCUT2D eigenvalue weighted by atomic mass is 9.95. The Morgan fingerprint density at radius 2 is 1.71 bits per heavy atom. The van der Waals surface area contributed by atoms with E-state index in [-0.39, 0.29) is 5.02 Å². The number of rotatable bonds is 2. The van der Waals surface area contributed by atoms with Crippen LogP contribution in [0.4, 0.5) is 4.39 Å². The highest BCUT2D eigenvalue weighted by atomic mass is 35.5. The fourth-order valence-electron chi connectivity index (χ4n) is 3.82. The number of aromatic nitrogens is 1. The van der Waals surface area contributed by atoms with Crippen molar-refractivity contribution in [1.29, 1.82) is 0 Å². The molecule has 0 radical (unpaired) electrons. The molecular formula is C26H16Cl2FNO. The first-order valence-corrected chi connectivity index (χ1v) is 10.5. The lowest BCUT2D eigenvalue weighted by Crippen LogP contribution is -2.03. The Kier molecular flexibility index (Phi) is 5.11. The minimum atomic E-state index is -0.821. The molecule has 1 aliphatic carbocycles. The molecule has 0 aliphatic heterocycles. The average Bonchev–Trinajstić information content (AvgIpc) is 2.90. The average molecular weight is 448 g/mol. The molecule has 3 aromatic carbocycles. The van der Waals surface area contributed by atoms with Gasteiger partial charge < -0.3 is 5.11 Å². The van der Waals surface area contributed by atoms with Gasteiger partial charge in [-0.3, -0.25) is 0 Å². The summed E-state index contributed by atoms with van der Waals surface area (Å²) in [5.74, 6) is -0.460. The van der Waals surface area contributed by atoms with E-state index in [4.69, 9.17) is 23.2 Å². The minimum Gasteiger partial charge on any atom is -0.384 e. The molecule has 0 bridgehead atoms. The van der Waals surface area contributed by atoms with Crippen LogP contribution in [0.2, 0.25) is 10.0 Å². The van der Waals surface area contributed by atoms with Gasteiger partial charge in [0.25, 0.3) is 0 Å². The fourth-order valence-corrected chi connectivity index (χ4v) is 4.26. The van der Waals surface area contributed by atoms with Crippen LogP contribution in [0, 0.1) is 5.82 Å². The summed E-state index contributed by atoms with van der Waals surface area (Å²) in [6.45, 7) is 0. The highest BCUT2D eigenvalue weighted by Crippen LogP contribution is 2.37. The molecule has 1 aliphatic rings. The predicted molar refractivity (Wildman–Crippen MR) is 127 cm³/mol. The molecule has 0 spiro atoms. The van der Waals surface area contributed by atoms with Gasteiger partial charge >= 0.3 is 0 Å². The van der Waals surface area contributed by atoms with Gasteiger partial charge in [0, 0.05) is 16.0 Å². The van der Waals surface area contributed by atoms with E-state index in [1.807, 2.05) is 66.8 Å². The molecule has 0 fully saturated rings. The van der Waals surface area contributed by atoms with Crippen molar-refractivity contribution in [2.45, 2.75) is 6.10 Å². The molecule has 2 nitrogen and oxygen atoms in total. The molecule has 0 saturated carbocycles. The van der Waals surface area contributed by atoms with Crippen LogP contribution in [0.5, 0.6) is 0 Å². The quantitative estimate of drug-likeness (QED) is 0.346. The summed E-state index contributed by atoms with van der Waals surface area (Å²) in [6.07, 6.45) is 6.94. The number of aliphatic hydroxyl groups is 1. The smallest absolute Gasteiger partial charge is 0.142 e. The second-order valence-electron chi connectivity index (χ2n) is 7.40. The Bertz CT molecular complexity index is 1390. The van der Waals surface area contributed by atoms with E-state index >= 15 is 0 Å². The van der Waals surface area contributed by atoms with E-state index < -0.39 is 11.9 Å². The third-order valence-electron chi connectivity index (χ3n) is 5.41. The third kappa shape index (κ3) is 3.77. The number of fused-ring (bicyclic) bond motifs is 3. The summed E-state index contributed by atoms with van der Waals surface area (Å²) in [5, 5.41) is 12.3. The predicted octanol–water partition coefficient (Wildman–Crippen LogP) is 7.42. The maximum atomic E-state index is 13.6. The van der Waals surface area contributed by atoms with Crippen LogP contribution in [-0.4, -0.2) is 10.1 Å². The van der Waals surface area contributed by atoms with Gasteiger partial charge in [-0.15, -0.1) is 0 Å². The third-order valence-corrected chi connectivity index (χ3v) is 6.03. The van der Waals surface area contributed by atoms with E-state index in [1.54, 1.807) is 6.07 Å². The largest absolute Gasteiger partial charge is 0.384 e. The summed E-state index contributed by atoms with van der Waals surface area (Å²) in [5.41, 5.74) is 5.61. The van der Waals surface area contributed by atoms with E-state index in [1.165, 1.54) is 12.1 Å². The molecule has 31 heavy (non-hydrogen) atoms. The zero-order valence-corrected chi connectivity index (χ0v) is 17.7. The Hall–Kier alpha value is -2.98. The maximum absolute atomic E-state index is 13.6. The number of hydrogen-bond donors (Lipinski definition) is 1. The van der Waals surface area contributed by atoms with Crippen molar-refractivity contribution < 1.29 is 9.50 Å². The first-order valence-electron chi connectivity index (χ1n) is 9.72. The molecule has 1 unspecified atom stereocenters. The molecule has 5 rings (SSSR count). The molecule has 0 saturated heterocycles. The topological polar surface area (TPSA) is 33.1 Å². The van der Waals surface area contributed by atoms with Gasteiger partial charge in [-0.25, -0.2) is 9.37 Å². The van der Waals surface area contributed by atoms with Crippen LogP contribution in [0.1, 0.15) is 39.6 Å². The molecule has 4 aromatic rings. The van der Waals surface area contributed by atoms with E-state index in [0.29, 0.717) is 21.5 Å². The van der Waals surface area contributed by atoms with Gasteiger partial charge in [0.05, 0.1) is 16.2 Å². The van der Waals surface area contributed by atoms with Crippen molar-refractivity contribution in [2.75, 3.05) is 0 Å². The van der Waals surface area contributed by atoms with E-state index in [2.05, 4.69) is 4.98 Å². The van der Waals surface area contributed by atoms with Crippen molar-refractivity contribution in [3.63, 3.8) is 0 Å². The molecule has 1 atom stereocenters. The fraction of sp³-hybridized carbons (Fsp3) is 0.0385. The Morgan fingerprint density at radius 3 is 2.58 bits per heavy atom. The van der Waals surface area contributed by atoms with Crippen LogP contribution >= 0.6 is 23.2 Å². The van der Waals surface area contributed by atoms with Crippen LogP contribution in [0.3, 0.4) is 0 Å². The first-order chi connectivity index (χ1) is 15.0. The van der Waals surface area contributed by atoms with Gasteiger partial charge in [0.2, 0.25) is 0 Å². The highest BCUT2D eigenvalue weighted by Gasteiger charge is 2.21. The van der Waals surface area contributed by atoms with Gasteiger partial charge in [0.1, 0.15) is 11.9 Å². The van der Waals surface area contributed by atoms with Crippen LogP contribution < -0.4 is 0 Å². The standard InChI is InChI=1S/C26H16Cl2FNO/c27-21-3-1-2-17-8-7-16-6-4-15(12-20(16)26(31)25(17)21)5-10-19-11-9-18-13-23(29)22(28)14-24(18)30-19/h1-14,26,31H/b10-5+. The number of halogens is 3. The summed E-state index contributed by atoms with van der Waals surface area (Å²) in [4.78, 5) is 4.54. The van der Waals surface area contributed by atoms with Crippen molar-refractivity contribution in [3.05, 3.63) is 110 Å². The second kappa shape index (κ2) is 7.93. The summed E-state index contributed by atoms with van der Waals surface area (Å²) in [7, 11) is 0. The number of nitrogens with zero attached hydrogens (tertiary/aromatic N) is 1. The minimum absolute atomic E-state index is 0.0490. The first kappa shape index (κ1) is 20.0. The summed E-state index contributed by atoms with van der Waals surface area (Å²) >= 11 is 12.3. The SMILES string of the molecule is OC1c2cc(/C=C/c3ccc4cc(F)c(Cl)cc4n3)ccc2C=Cc2cccc(Cl)c21. The maximum Gasteiger partial charge on any atom is 0.142 e. The van der Waals surface area contributed by atoms with Crippen LogP contribution in [0.25, 0.3) is 35.2 Å². The molecule has 152 valence electrons. The number of pyridine rings is 1. The molecule has 0 amide bonds. The summed E-state index contributed by atoms with van der Waals surface area (Å²) < 4.78 is 13.6. The number of aliphatic hydroxyl groups excluding tert-OH is 1. The molecular weight excluding hydrogens is 432 g/mol. The second-order valence-corrected chi connectivity index (χ2v) is 8.21. The van der Waals surface area contributed by atoms with E-state index in [0.717, 1.165) is 27.9 Å². The van der Waals surface area contributed by atoms with E-state index in [9.17, 15) is 9.50 Å². The Morgan fingerprint density at radius 1 is 0.871 bits per heavy atom. The Labute approximate surface area is 188 Å². The van der Waals surface area contributed by atoms with Crippen molar-refractivity contribution in [2.24, 2.45) is 0 Å². The Balaban J connectivity index is 1.50. The lowest BCUT2D eigenvalue weighted by molar-refractivity contribution is 0.220. The van der Waals surface area contributed by atoms with Gasteiger partial charge in [-0.2, -0.15) is 0 Å². The number of hydrogen-bond acceptors (Lipinski definition) is 2. The highest BCUT2D eigenvalue weighted by molar-refractivity contribution is 6.32. The van der Waals surface area contributed by atoms with Gasteiger partial charge in [-0.1, -0.05) is 71.8 Å². The van der Waals surface area contributed by atoms with Gasteiger partial charge in [-0.05, 0) is 58.7 Å².